The van der Waals surface area contributed by atoms with Crippen molar-refractivity contribution < 1.29 is 9.50 Å². The highest BCUT2D eigenvalue weighted by atomic mass is 19.1. The molecule has 2 nitrogen and oxygen atoms in total. The number of halogens is 1. The maximum atomic E-state index is 13.2. The van der Waals surface area contributed by atoms with Crippen LogP contribution >= 0.6 is 0 Å². The van der Waals surface area contributed by atoms with E-state index in [1.54, 1.807) is 0 Å². The molecule has 3 heteroatoms. The van der Waals surface area contributed by atoms with Crippen molar-refractivity contribution in [3.63, 3.8) is 0 Å². The van der Waals surface area contributed by atoms with E-state index in [0.29, 0.717) is 13.0 Å². The van der Waals surface area contributed by atoms with Crippen LogP contribution in [0, 0.1) is 0 Å². The fourth-order valence-corrected chi connectivity index (χ4v) is 1.94. The number of hydrogen-bond donors (Lipinski definition) is 1. The van der Waals surface area contributed by atoms with Gasteiger partial charge in [-0.2, -0.15) is 0 Å². The normalized spacial score (nSPS) is 27.9. The van der Waals surface area contributed by atoms with Crippen molar-refractivity contribution in [1.82, 2.24) is 4.90 Å². The fourth-order valence-electron chi connectivity index (χ4n) is 1.94. The first-order valence-corrected chi connectivity index (χ1v) is 5.34. The van der Waals surface area contributed by atoms with Gasteiger partial charge in [0.15, 0.2) is 0 Å². The Bertz CT molecular complexity index is 304. The molecule has 0 aliphatic carbocycles. The summed E-state index contributed by atoms with van der Waals surface area (Å²) in [6, 6.07) is 10.0. The minimum atomic E-state index is -1.09. The molecule has 1 aliphatic rings. The number of benzene rings is 1. The number of rotatable bonds is 2. The first kappa shape index (κ1) is 10.6. The lowest BCUT2D eigenvalue weighted by molar-refractivity contribution is 0.00393. The standard InChI is InChI=1S/C12H16FNO/c13-11-9-14(7-6-12(11)15)8-10-4-2-1-3-5-10/h1-5,11-12,15H,6-9H2/t11-,12+/m1/s1. The molecule has 2 atom stereocenters. The van der Waals surface area contributed by atoms with Crippen LogP contribution in [-0.4, -0.2) is 35.4 Å². The van der Waals surface area contributed by atoms with Crippen LogP contribution in [0.15, 0.2) is 30.3 Å². The van der Waals surface area contributed by atoms with Crippen LogP contribution in [0.3, 0.4) is 0 Å². The van der Waals surface area contributed by atoms with Gasteiger partial charge in [0.25, 0.3) is 0 Å². The lowest BCUT2D eigenvalue weighted by atomic mass is 10.1. The number of piperidine rings is 1. The van der Waals surface area contributed by atoms with Crippen molar-refractivity contribution >= 4 is 0 Å². The molecule has 1 N–H and O–H groups in total. The van der Waals surface area contributed by atoms with Gasteiger partial charge in [-0.05, 0) is 12.0 Å². The second-order valence-electron chi connectivity index (χ2n) is 4.09. The maximum absolute atomic E-state index is 13.2. The van der Waals surface area contributed by atoms with Gasteiger partial charge in [-0.25, -0.2) is 4.39 Å². The Balaban J connectivity index is 1.91. The molecule has 0 spiro atoms. The predicted octanol–water partition coefficient (Wildman–Crippen LogP) is 1.59. The Kier molecular flexibility index (Phi) is 3.34. The zero-order chi connectivity index (χ0) is 10.7. The monoisotopic (exact) mass is 209 g/mol. The topological polar surface area (TPSA) is 23.5 Å². The van der Waals surface area contributed by atoms with Crippen molar-refractivity contribution in [3.05, 3.63) is 35.9 Å². The van der Waals surface area contributed by atoms with E-state index in [-0.39, 0.29) is 0 Å². The summed E-state index contributed by atoms with van der Waals surface area (Å²) in [6.07, 6.45) is -1.33. The molecule has 0 amide bonds. The van der Waals surface area contributed by atoms with Gasteiger partial charge in [-0.1, -0.05) is 30.3 Å². The number of hydrogen-bond acceptors (Lipinski definition) is 2. The molecule has 1 heterocycles. The van der Waals surface area contributed by atoms with Crippen molar-refractivity contribution in [3.8, 4) is 0 Å². The van der Waals surface area contributed by atoms with Crippen molar-refractivity contribution in [2.24, 2.45) is 0 Å². The molecule has 0 bridgehead atoms. The van der Waals surface area contributed by atoms with Crippen LogP contribution in [0.2, 0.25) is 0 Å². The van der Waals surface area contributed by atoms with Gasteiger partial charge in [-0.3, -0.25) is 4.90 Å². The molecule has 1 aromatic carbocycles. The number of likely N-dealkylation sites (tertiary alicyclic amines) is 1. The van der Waals surface area contributed by atoms with Crippen LogP contribution in [0.25, 0.3) is 0 Å². The second kappa shape index (κ2) is 4.73. The third-order valence-corrected chi connectivity index (χ3v) is 2.84. The number of aliphatic hydroxyl groups is 1. The quantitative estimate of drug-likeness (QED) is 0.799. The molecule has 0 unspecified atom stereocenters. The van der Waals surface area contributed by atoms with Crippen molar-refractivity contribution in [1.29, 1.82) is 0 Å². The summed E-state index contributed by atoms with van der Waals surface area (Å²) in [5.41, 5.74) is 1.20. The van der Waals surface area contributed by atoms with Crippen molar-refractivity contribution in [2.75, 3.05) is 13.1 Å². The van der Waals surface area contributed by atoms with Crippen LogP contribution in [-0.2, 0) is 6.54 Å². The highest BCUT2D eigenvalue weighted by molar-refractivity contribution is 5.14. The molecule has 82 valence electrons. The Hall–Kier alpha value is -0.930. The fraction of sp³-hybridized carbons (Fsp3) is 0.500. The highest BCUT2D eigenvalue weighted by Crippen LogP contribution is 2.16. The van der Waals surface area contributed by atoms with Gasteiger partial charge < -0.3 is 5.11 Å². The summed E-state index contributed by atoms with van der Waals surface area (Å²) < 4.78 is 13.2. The summed E-state index contributed by atoms with van der Waals surface area (Å²) in [4.78, 5) is 2.05. The Morgan fingerprint density at radius 1 is 1.33 bits per heavy atom. The largest absolute Gasteiger partial charge is 0.390 e. The lowest BCUT2D eigenvalue weighted by Crippen LogP contribution is -2.43. The van der Waals surface area contributed by atoms with Gasteiger partial charge in [0.1, 0.15) is 6.17 Å². The molecule has 2 rings (SSSR count). The van der Waals surface area contributed by atoms with Gasteiger partial charge in [-0.15, -0.1) is 0 Å². The van der Waals surface area contributed by atoms with Crippen LogP contribution in [0.5, 0.6) is 0 Å². The average Bonchev–Trinajstić information content (AvgIpc) is 2.25. The smallest absolute Gasteiger partial charge is 0.139 e. The van der Waals surface area contributed by atoms with E-state index in [9.17, 15) is 9.50 Å². The van der Waals surface area contributed by atoms with E-state index in [2.05, 4.69) is 0 Å². The molecule has 15 heavy (non-hydrogen) atoms. The van der Waals surface area contributed by atoms with Crippen LogP contribution < -0.4 is 0 Å². The van der Waals surface area contributed by atoms with E-state index in [0.717, 1.165) is 13.1 Å². The zero-order valence-corrected chi connectivity index (χ0v) is 8.64. The third kappa shape index (κ3) is 2.76. The number of alkyl halides is 1. The van der Waals surface area contributed by atoms with E-state index in [4.69, 9.17) is 0 Å². The SMILES string of the molecule is O[C@H]1CCN(Cc2ccccc2)C[C@H]1F. The minimum Gasteiger partial charge on any atom is -0.390 e. The van der Waals surface area contributed by atoms with E-state index < -0.39 is 12.3 Å². The Morgan fingerprint density at radius 2 is 2.07 bits per heavy atom. The molecule has 1 aliphatic heterocycles. The lowest BCUT2D eigenvalue weighted by Gasteiger charge is -2.32. The molecule has 0 aromatic heterocycles. The van der Waals surface area contributed by atoms with Crippen molar-refractivity contribution in [2.45, 2.75) is 25.2 Å². The summed E-state index contributed by atoms with van der Waals surface area (Å²) in [5, 5.41) is 9.26. The average molecular weight is 209 g/mol. The predicted molar refractivity (Wildman–Crippen MR) is 57.2 cm³/mol. The zero-order valence-electron chi connectivity index (χ0n) is 8.64. The summed E-state index contributed by atoms with van der Waals surface area (Å²) in [6.45, 7) is 1.89. The number of aliphatic hydroxyl groups excluding tert-OH is 1. The Morgan fingerprint density at radius 3 is 2.73 bits per heavy atom. The maximum Gasteiger partial charge on any atom is 0.139 e. The Labute approximate surface area is 89.3 Å². The summed E-state index contributed by atoms with van der Waals surface area (Å²) in [5.74, 6) is 0. The van der Waals surface area contributed by atoms with Gasteiger partial charge in [0, 0.05) is 19.6 Å². The first-order valence-electron chi connectivity index (χ1n) is 5.34. The molecular weight excluding hydrogens is 193 g/mol. The summed E-state index contributed by atoms with van der Waals surface area (Å²) >= 11 is 0. The molecule has 0 radical (unpaired) electrons. The van der Waals surface area contributed by atoms with E-state index >= 15 is 0 Å². The van der Waals surface area contributed by atoms with E-state index in [1.807, 2.05) is 35.2 Å². The van der Waals surface area contributed by atoms with Crippen LogP contribution in [0.4, 0.5) is 4.39 Å². The second-order valence-corrected chi connectivity index (χ2v) is 4.09. The molecule has 1 saturated heterocycles. The minimum absolute atomic E-state index is 0.343. The van der Waals surface area contributed by atoms with Gasteiger partial charge in [0.2, 0.25) is 0 Å². The molecule has 1 aromatic rings. The summed E-state index contributed by atoms with van der Waals surface area (Å²) in [7, 11) is 0. The third-order valence-electron chi connectivity index (χ3n) is 2.84. The first-order chi connectivity index (χ1) is 7.25. The van der Waals surface area contributed by atoms with Gasteiger partial charge >= 0.3 is 0 Å². The van der Waals surface area contributed by atoms with E-state index in [1.165, 1.54) is 5.56 Å². The number of nitrogens with zero attached hydrogens (tertiary/aromatic N) is 1. The highest BCUT2D eigenvalue weighted by Gasteiger charge is 2.26. The molecular formula is C12H16FNO. The van der Waals surface area contributed by atoms with Gasteiger partial charge in [0.05, 0.1) is 6.10 Å². The van der Waals surface area contributed by atoms with Crippen LogP contribution in [0.1, 0.15) is 12.0 Å². The molecule has 0 saturated carbocycles. The molecule has 1 fully saturated rings.